The summed E-state index contributed by atoms with van der Waals surface area (Å²) in [6.45, 7) is 3.78. The van der Waals surface area contributed by atoms with E-state index in [4.69, 9.17) is 10.5 Å². The minimum atomic E-state index is 0.0605. The van der Waals surface area contributed by atoms with Gasteiger partial charge in [0.05, 0.1) is 6.61 Å². The van der Waals surface area contributed by atoms with Gasteiger partial charge in [0.1, 0.15) is 5.75 Å². The molecule has 3 heteroatoms. The summed E-state index contributed by atoms with van der Waals surface area (Å²) in [6, 6.07) is 8.06. The van der Waals surface area contributed by atoms with Gasteiger partial charge in [0.15, 0.2) is 0 Å². The molecule has 0 amide bonds. The summed E-state index contributed by atoms with van der Waals surface area (Å²) >= 11 is 0. The van der Waals surface area contributed by atoms with Crippen molar-refractivity contribution in [1.82, 2.24) is 4.90 Å². The lowest BCUT2D eigenvalue weighted by molar-refractivity contribution is 0.281. The Morgan fingerprint density at radius 3 is 2.75 bits per heavy atom. The maximum atomic E-state index is 5.81. The summed E-state index contributed by atoms with van der Waals surface area (Å²) < 4.78 is 5.66. The van der Waals surface area contributed by atoms with Crippen molar-refractivity contribution < 1.29 is 4.74 Å². The van der Waals surface area contributed by atoms with Crippen molar-refractivity contribution in [3.05, 3.63) is 29.8 Å². The molecule has 0 aliphatic carbocycles. The first-order chi connectivity index (χ1) is 7.59. The smallest absolute Gasteiger partial charge is 0.119 e. The van der Waals surface area contributed by atoms with Gasteiger partial charge in [-0.3, -0.25) is 0 Å². The third-order valence-corrected chi connectivity index (χ3v) is 2.40. The Kier molecular flexibility index (Phi) is 5.29. The quantitative estimate of drug-likeness (QED) is 0.749. The molecular formula is C13H22N2O. The van der Waals surface area contributed by atoms with Gasteiger partial charge in [-0.1, -0.05) is 12.1 Å². The number of nitrogens with two attached hydrogens (primary N) is 1. The van der Waals surface area contributed by atoms with Gasteiger partial charge in [-0.2, -0.15) is 0 Å². The molecule has 0 saturated heterocycles. The third-order valence-electron chi connectivity index (χ3n) is 2.40. The van der Waals surface area contributed by atoms with Crippen LogP contribution < -0.4 is 10.5 Å². The summed E-state index contributed by atoms with van der Waals surface area (Å²) in [4.78, 5) is 2.15. The Morgan fingerprint density at radius 1 is 1.38 bits per heavy atom. The molecule has 90 valence electrons. The lowest BCUT2D eigenvalue weighted by atomic mass is 10.1. The van der Waals surface area contributed by atoms with Crippen LogP contribution in [0.4, 0.5) is 0 Å². The molecular weight excluding hydrogens is 200 g/mol. The average molecular weight is 222 g/mol. The zero-order valence-corrected chi connectivity index (χ0v) is 10.4. The first-order valence-corrected chi connectivity index (χ1v) is 5.72. The van der Waals surface area contributed by atoms with Crippen LogP contribution in [0.3, 0.4) is 0 Å². The number of rotatable bonds is 6. The molecule has 0 saturated carbocycles. The van der Waals surface area contributed by atoms with E-state index in [-0.39, 0.29) is 6.04 Å². The molecule has 3 nitrogen and oxygen atoms in total. The number of hydrogen-bond acceptors (Lipinski definition) is 3. The second kappa shape index (κ2) is 6.51. The summed E-state index contributed by atoms with van der Waals surface area (Å²) in [7, 11) is 4.13. The molecule has 1 unspecified atom stereocenters. The van der Waals surface area contributed by atoms with Gasteiger partial charge in [0, 0.05) is 12.6 Å². The second-order valence-electron chi connectivity index (χ2n) is 4.37. The van der Waals surface area contributed by atoms with E-state index in [9.17, 15) is 0 Å². The fourth-order valence-electron chi connectivity index (χ4n) is 1.46. The van der Waals surface area contributed by atoms with E-state index in [0.717, 1.165) is 30.9 Å². The third kappa shape index (κ3) is 4.64. The van der Waals surface area contributed by atoms with Crippen LogP contribution in [0.5, 0.6) is 5.75 Å². The molecule has 16 heavy (non-hydrogen) atoms. The highest BCUT2D eigenvalue weighted by molar-refractivity contribution is 5.30. The van der Waals surface area contributed by atoms with Crippen molar-refractivity contribution in [1.29, 1.82) is 0 Å². The molecule has 0 spiro atoms. The van der Waals surface area contributed by atoms with Gasteiger partial charge < -0.3 is 15.4 Å². The minimum absolute atomic E-state index is 0.0605. The summed E-state index contributed by atoms with van der Waals surface area (Å²) in [5.41, 5.74) is 6.93. The zero-order valence-electron chi connectivity index (χ0n) is 10.4. The molecule has 0 aromatic heterocycles. The molecule has 1 rings (SSSR count). The van der Waals surface area contributed by atoms with Crippen LogP contribution in [0, 0.1) is 0 Å². The molecule has 1 aromatic carbocycles. The molecule has 0 bridgehead atoms. The maximum absolute atomic E-state index is 5.81. The van der Waals surface area contributed by atoms with Crippen LogP contribution in [0.15, 0.2) is 24.3 Å². The number of benzene rings is 1. The van der Waals surface area contributed by atoms with Crippen LogP contribution in [-0.2, 0) is 0 Å². The highest BCUT2D eigenvalue weighted by atomic mass is 16.5. The van der Waals surface area contributed by atoms with Crippen molar-refractivity contribution >= 4 is 0 Å². The molecule has 1 aromatic rings. The highest BCUT2D eigenvalue weighted by Gasteiger charge is 2.01. The normalized spacial score (nSPS) is 12.8. The van der Waals surface area contributed by atoms with Crippen molar-refractivity contribution in [2.75, 3.05) is 27.2 Å². The van der Waals surface area contributed by atoms with Crippen LogP contribution >= 0.6 is 0 Å². The van der Waals surface area contributed by atoms with Gasteiger partial charge in [-0.25, -0.2) is 0 Å². The van der Waals surface area contributed by atoms with E-state index < -0.39 is 0 Å². The molecule has 0 heterocycles. The van der Waals surface area contributed by atoms with Crippen molar-refractivity contribution in [3.8, 4) is 5.75 Å². The summed E-state index contributed by atoms with van der Waals surface area (Å²) in [5.74, 6) is 0.911. The number of nitrogens with zero attached hydrogens (tertiary/aromatic N) is 1. The first kappa shape index (κ1) is 13.0. The standard InChI is InChI=1S/C13H22N2O/c1-11(14)12-6-4-7-13(10-12)16-9-5-8-15(2)3/h4,6-7,10-11H,5,8-9,14H2,1-3H3. The first-order valence-electron chi connectivity index (χ1n) is 5.72. The average Bonchev–Trinajstić information content (AvgIpc) is 2.24. The minimum Gasteiger partial charge on any atom is -0.494 e. The van der Waals surface area contributed by atoms with E-state index >= 15 is 0 Å². The monoisotopic (exact) mass is 222 g/mol. The summed E-state index contributed by atoms with van der Waals surface area (Å²) in [5, 5.41) is 0. The topological polar surface area (TPSA) is 38.5 Å². The predicted molar refractivity (Wildman–Crippen MR) is 67.7 cm³/mol. The Balaban J connectivity index is 2.39. The highest BCUT2D eigenvalue weighted by Crippen LogP contribution is 2.17. The lowest BCUT2D eigenvalue weighted by Crippen LogP contribution is -2.15. The Hall–Kier alpha value is -1.06. The Bertz CT molecular complexity index is 311. The van der Waals surface area contributed by atoms with Crippen molar-refractivity contribution in [3.63, 3.8) is 0 Å². The lowest BCUT2D eigenvalue weighted by Gasteiger charge is -2.12. The van der Waals surface area contributed by atoms with Gasteiger partial charge in [0.2, 0.25) is 0 Å². The van der Waals surface area contributed by atoms with Gasteiger partial charge in [-0.15, -0.1) is 0 Å². The fourth-order valence-corrected chi connectivity index (χ4v) is 1.46. The van der Waals surface area contributed by atoms with Gasteiger partial charge in [0.25, 0.3) is 0 Å². The SMILES string of the molecule is CC(N)c1cccc(OCCCN(C)C)c1. The molecule has 0 aliphatic rings. The van der Waals surface area contributed by atoms with E-state index in [2.05, 4.69) is 19.0 Å². The molecule has 1 atom stereocenters. The van der Waals surface area contributed by atoms with Gasteiger partial charge >= 0.3 is 0 Å². The number of ether oxygens (including phenoxy) is 1. The zero-order chi connectivity index (χ0) is 12.0. The second-order valence-corrected chi connectivity index (χ2v) is 4.37. The van der Waals surface area contributed by atoms with Crippen LogP contribution in [-0.4, -0.2) is 32.1 Å². The molecule has 0 fully saturated rings. The van der Waals surface area contributed by atoms with Crippen LogP contribution in [0.25, 0.3) is 0 Å². The van der Waals surface area contributed by atoms with Crippen molar-refractivity contribution in [2.45, 2.75) is 19.4 Å². The Labute approximate surface area is 98.2 Å². The van der Waals surface area contributed by atoms with E-state index in [1.165, 1.54) is 0 Å². The fraction of sp³-hybridized carbons (Fsp3) is 0.538. The van der Waals surface area contributed by atoms with E-state index in [1.807, 2.05) is 31.2 Å². The number of hydrogen-bond donors (Lipinski definition) is 1. The van der Waals surface area contributed by atoms with Gasteiger partial charge in [-0.05, 0) is 45.1 Å². The van der Waals surface area contributed by atoms with E-state index in [1.54, 1.807) is 0 Å². The summed E-state index contributed by atoms with van der Waals surface area (Å²) in [6.07, 6.45) is 1.04. The maximum Gasteiger partial charge on any atom is 0.119 e. The largest absolute Gasteiger partial charge is 0.494 e. The molecule has 0 aliphatic heterocycles. The Morgan fingerprint density at radius 2 is 2.12 bits per heavy atom. The van der Waals surface area contributed by atoms with Crippen LogP contribution in [0.2, 0.25) is 0 Å². The van der Waals surface area contributed by atoms with Crippen molar-refractivity contribution in [2.24, 2.45) is 5.73 Å². The molecule has 0 radical (unpaired) electrons. The van der Waals surface area contributed by atoms with Crippen LogP contribution in [0.1, 0.15) is 24.9 Å². The van der Waals surface area contributed by atoms with E-state index in [0.29, 0.717) is 0 Å². The molecule has 2 N–H and O–H groups in total. The predicted octanol–water partition coefficient (Wildman–Crippen LogP) is 2.04.